The molecule has 0 fully saturated rings. The minimum Gasteiger partial charge on any atom is -0.383 e. The van der Waals surface area contributed by atoms with Gasteiger partial charge in [-0.05, 0) is 24.1 Å². The van der Waals surface area contributed by atoms with Crippen molar-refractivity contribution in [3.8, 4) is 11.3 Å². The van der Waals surface area contributed by atoms with Crippen molar-refractivity contribution in [2.45, 2.75) is 40.2 Å². The van der Waals surface area contributed by atoms with Crippen LogP contribution < -0.4 is 5.73 Å². The summed E-state index contributed by atoms with van der Waals surface area (Å²) in [5, 5.41) is 0.362. The zero-order chi connectivity index (χ0) is 15.7. The molecule has 3 nitrogen and oxygen atoms in total. The molecule has 0 aliphatic heterocycles. The van der Waals surface area contributed by atoms with Crippen LogP contribution in [-0.2, 0) is 6.54 Å². The number of nitrogens with zero attached hydrogens (tertiary/aromatic N) is 2. The Hall–Kier alpha value is -1.55. The molecular weight excluding hydrogens is 289 g/mol. The van der Waals surface area contributed by atoms with Gasteiger partial charge in [0.15, 0.2) is 0 Å². The summed E-state index contributed by atoms with van der Waals surface area (Å²) in [6.07, 6.45) is 0. The minimum atomic E-state index is -0.404. The summed E-state index contributed by atoms with van der Waals surface area (Å²) in [6, 6.07) is 4.56. The lowest BCUT2D eigenvalue weighted by molar-refractivity contribution is 0.502. The van der Waals surface area contributed by atoms with Crippen LogP contribution >= 0.6 is 11.6 Å². The summed E-state index contributed by atoms with van der Waals surface area (Å²) >= 11 is 5.80. The van der Waals surface area contributed by atoms with Crippen molar-refractivity contribution in [1.82, 2.24) is 9.55 Å². The summed E-state index contributed by atoms with van der Waals surface area (Å²) in [7, 11) is 0. The molecule has 2 rings (SSSR count). The minimum absolute atomic E-state index is 0.218. The molecule has 21 heavy (non-hydrogen) atoms. The van der Waals surface area contributed by atoms with Gasteiger partial charge in [-0.1, -0.05) is 39.3 Å². The first kappa shape index (κ1) is 15.8. The van der Waals surface area contributed by atoms with E-state index in [9.17, 15) is 4.39 Å². The van der Waals surface area contributed by atoms with Crippen molar-refractivity contribution in [2.24, 2.45) is 5.92 Å². The Morgan fingerprint density at radius 2 is 1.95 bits per heavy atom. The molecular formula is C16H21ClFN3. The molecule has 1 heterocycles. The molecule has 2 aromatic rings. The Bertz CT molecular complexity index is 647. The first-order valence-corrected chi connectivity index (χ1v) is 7.50. The number of nitrogens with two attached hydrogens (primary N) is 1. The number of hydrogen-bond donors (Lipinski definition) is 1. The predicted molar refractivity (Wildman–Crippen MR) is 86.0 cm³/mol. The zero-order valence-electron chi connectivity index (χ0n) is 12.8. The highest BCUT2D eigenvalue weighted by Gasteiger charge is 2.20. The van der Waals surface area contributed by atoms with Gasteiger partial charge in [0.1, 0.15) is 23.2 Å². The maximum Gasteiger partial charge on any atom is 0.134 e. The summed E-state index contributed by atoms with van der Waals surface area (Å²) in [4.78, 5) is 4.58. The average molecular weight is 310 g/mol. The van der Waals surface area contributed by atoms with Crippen molar-refractivity contribution < 1.29 is 4.39 Å². The van der Waals surface area contributed by atoms with Crippen molar-refractivity contribution in [1.29, 1.82) is 0 Å². The standard InChI is InChI=1S/C16H21ClFN3/c1-9(2)8-21-15(19)14(20-16(21)10(3)4)12-6-5-11(17)7-13(12)18/h5-7,9-10H,8,19H2,1-4H3. The fourth-order valence-corrected chi connectivity index (χ4v) is 2.52. The molecule has 1 aromatic heterocycles. The van der Waals surface area contributed by atoms with Crippen molar-refractivity contribution >= 4 is 17.4 Å². The van der Waals surface area contributed by atoms with E-state index in [2.05, 4.69) is 32.7 Å². The second kappa shape index (κ2) is 6.06. The number of aromatic nitrogens is 2. The van der Waals surface area contributed by atoms with Crippen LogP contribution in [0.3, 0.4) is 0 Å². The van der Waals surface area contributed by atoms with Crippen LogP contribution in [0.1, 0.15) is 39.4 Å². The Morgan fingerprint density at radius 3 is 2.48 bits per heavy atom. The van der Waals surface area contributed by atoms with Crippen molar-refractivity contribution in [2.75, 3.05) is 5.73 Å². The maximum absolute atomic E-state index is 14.1. The predicted octanol–water partition coefficient (Wildman–Crippen LogP) is 4.70. The summed E-state index contributed by atoms with van der Waals surface area (Å²) in [6.45, 7) is 9.11. The van der Waals surface area contributed by atoms with E-state index in [-0.39, 0.29) is 5.92 Å². The van der Waals surface area contributed by atoms with Gasteiger partial charge in [-0.2, -0.15) is 0 Å². The molecule has 2 N–H and O–H groups in total. The first-order chi connectivity index (χ1) is 9.81. The van der Waals surface area contributed by atoms with E-state index < -0.39 is 5.82 Å². The van der Waals surface area contributed by atoms with Crippen molar-refractivity contribution in [3.05, 3.63) is 34.9 Å². The van der Waals surface area contributed by atoms with E-state index in [1.165, 1.54) is 6.07 Å². The molecule has 0 aliphatic rings. The van der Waals surface area contributed by atoms with Crippen LogP contribution in [0.4, 0.5) is 10.2 Å². The molecule has 0 amide bonds. The van der Waals surface area contributed by atoms with Gasteiger partial charge in [-0.3, -0.25) is 0 Å². The highest BCUT2D eigenvalue weighted by Crippen LogP contribution is 2.32. The number of halogens is 2. The van der Waals surface area contributed by atoms with Crippen LogP contribution in [-0.4, -0.2) is 9.55 Å². The molecule has 0 spiro atoms. The van der Waals surface area contributed by atoms with E-state index in [1.54, 1.807) is 12.1 Å². The molecule has 0 aliphatic carbocycles. The Labute approximate surface area is 129 Å². The smallest absolute Gasteiger partial charge is 0.134 e. The molecule has 0 radical (unpaired) electrons. The average Bonchev–Trinajstić information content (AvgIpc) is 2.67. The number of benzene rings is 1. The third-order valence-corrected chi connectivity index (χ3v) is 3.52. The van der Waals surface area contributed by atoms with Gasteiger partial charge in [0.05, 0.1) is 0 Å². The number of anilines is 1. The number of imidazole rings is 1. The third kappa shape index (κ3) is 3.21. The van der Waals surface area contributed by atoms with Crippen LogP contribution in [0.2, 0.25) is 5.02 Å². The topological polar surface area (TPSA) is 43.8 Å². The monoisotopic (exact) mass is 309 g/mol. The van der Waals surface area contributed by atoms with E-state index in [4.69, 9.17) is 17.3 Å². The lowest BCUT2D eigenvalue weighted by atomic mass is 10.1. The molecule has 0 bridgehead atoms. The van der Waals surface area contributed by atoms with Gasteiger partial charge in [0, 0.05) is 23.0 Å². The molecule has 1 aromatic carbocycles. The van der Waals surface area contributed by atoms with E-state index >= 15 is 0 Å². The maximum atomic E-state index is 14.1. The van der Waals surface area contributed by atoms with E-state index in [1.807, 2.05) is 4.57 Å². The number of nitrogen functional groups attached to an aromatic ring is 1. The second-order valence-electron chi connectivity index (χ2n) is 5.99. The van der Waals surface area contributed by atoms with Crippen LogP contribution in [0.25, 0.3) is 11.3 Å². The second-order valence-corrected chi connectivity index (χ2v) is 6.42. The fraction of sp³-hybridized carbons (Fsp3) is 0.438. The summed E-state index contributed by atoms with van der Waals surface area (Å²) in [5.74, 6) is 1.63. The van der Waals surface area contributed by atoms with Crippen LogP contribution in [0, 0.1) is 11.7 Å². The quantitative estimate of drug-likeness (QED) is 0.889. The van der Waals surface area contributed by atoms with Crippen LogP contribution in [0.15, 0.2) is 18.2 Å². The van der Waals surface area contributed by atoms with Gasteiger partial charge in [0.25, 0.3) is 0 Å². The number of rotatable bonds is 4. The molecule has 0 saturated heterocycles. The Morgan fingerprint density at radius 1 is 1.29 bits per heavy atom. The summed E-state index contributed by atoms with van der Waals surface area (Å²) in [5.41, 5.74) is 7.11. The molecule has 114 valence electrons. The van der Waals surface area contributed by atoms with Gasteiger partial charge in [0.2, 0.25) is 0 Å². The summed E-state index contributed by atoms with van der Waals surface area (Å²) < 4.78 is 16.1. The van der Waals surface area contributed by atoms with E-state index in [0.717, 1.165) is 12.4 Å². The molecule has 0 atom stereocenters. The highest BCUT2D eigenvalue weighted by molar-refractivity contribution is 6.30. The molecule has 0 unspecified atom stereocenters. The van der Waals surface area contributed by atoms with Crippen LogP contribution in [0.5, 0.6) is 0 Å². The number of hydrogen-bond acceptors (Lipinski definition) is 2. The fourth-order valence-electron chi connectivity index (χ4n) is 2.36. The Kier molecular flexibility index (Phi) is 4.57. The first-order valence-electron chi connectivity index (χ1n) is 7.12. The lowest BCUT2D eigenvalue weighted by Crippen LogP contribution is -2.12. The van der Waals surface area contributed by atoms with Crippen molar-refractivity contribution in [3.63, 3.8) is 0 Å². The van der Waals surface area contributed by atoms with Gasteiger partial charge in [-0.25, -0.2) is 9.37 Å². The lowest BCUT2D eigenvalue weighted by Gasteiger charge is -2.14. The largest absolute Gasteiger partial charge is 0.383 e. The highest BCUT2D eigenvalue weighted by atomic mass is 35.5. The normalized spacial score (nSPS) is 11.6. The molecule has 5 heteroatoms. The SMILES string of the molecule is CC(C)Cn1c(C(C)C)nc(-c2ccc(Cl)cc2F)c1N. The van der Waals surface area contributed by atoms with Gasteiger partial charge >= 0.3 is 0 Å². The molecule has 0 saturated carbocycles. The van der Waals surface area contributed by atoms with Gasteiger partial charge < -0.3 is 10.3 Å². The van der Waals surface area contributed by atoms with Gasteiger partial charge in [-0.15, -0.1) is 0 Å². The van der Waals surface area contributed by atoms with E-state index in [0.29, 0.717) is 28.0 Å². The zero-order valence-corrected chi connectivity index (χ0v) is 13.6. The Balaban J connectivity index is 2.59. The third-order valence-electron chi connectivity index (χ3n) is 3.29.